The largest absolute Gasteiger partial charge is 0.490 e. The van der Waals surface area contributed by atoms with Crippen molar-refractivity contribution in [1.29, 1.82) is 0 Å². The van der Waals surface area contributed by atoms with Crippen LogP contribution in [0.4, 0.5) is 8.78 Å². The Morgan fingerprint density at radius 3 is 2.32 bits per heavy atom. The van der Waals surface area contributed by atoms with Crippen LogP contribution in [0.15, 0.2) is 18.2 Å². The fraction of sp³-hybridized carbons (Fsp3) is 0.400. The van der Waals surface area contributed by atoms with Gasteiger partial charge in [0.2, 0.25) is 0 Å². The van der Waals surface area contributed by atoms with Crippen molar-refractivity contribution in [3.63, 3.8) is 0 Å². The van der Waals surface area contributed by atoms with Gasteiger partial charge in [-0.05, 0) is 39.0 Å². The van der Waals surface area contributed by atoms with Crippen molar-refractivity contribution in [2.75, 3.05) is 6.61 Å². The molecule has 10 heteroatoms. The van der Waals surface area contributed by atoms with Gasteiger partial charge in [0.05, 0.1) is 6.61 Å². The van der Waals surface area contributed by atoms with Gasteiger partial charge in [0.1, 0.15) is 0 Å². The zero-order valence-corrected chi connectivity index (χ0v) is 13.9. The summed E-state index contributed by atoms with van der Waals surface area (Å²) in [6, 6.07) is 3.27. The highest BCUT2D eigenvalue weighted by molar-refractivity contribution is 6.35. The smallest absolute Gasteiger partial charge is 0.387 e. The van der Waals surface area contributed by atoms with Gasteiger partial charge < -0.3 is 14.8 Å². The van der Waals surface area contributed by atoms with Crippen molar-refractivity contribution in [1.82, 2.24) is 16.2 Å². The Hall–Kier alpha value is -2.91. The Bertz CT molecular complexity index is 638. The van der Waals surface area contributed by atoms with E-state index >= 15 is 0 Å². The summed E-state index contributed by atoms with van der Waals surface area (Å²) in [5.74, 6) is -3.01. The molecule has 3 amide bonds. The molecule has 0 unspecified atom stereocenters. The standard InChI is InChI=1S/C15H19F2N3O5/c1-4-24-11-7-9(5-6-10(11)25-15(16)17)12(21)19-20-14(23)13(22)18-8(2)3/h5-8,15H,4H2,1-3H3,(H,18,22)(H,19,21)(H,20,23). The molecule has 25 heavy (non-hydrogen) atoms. The Balaban J connectivity index is 2.76. The normalized spacial score (nSPS) is 10.4. The van der Waals surface area contributed by atoms with Crippen LogP contribution in [-0.2, 0) is 9.59 Å². The van der Waals surface area contributed by atoms with Crippen molar-refractivity contribution in [2.45, 2.75) is 33.4 Å². The molecule has 0 aliphatic heterocycles. The van der Waals surface area contributed by atoms with Crippen molar-refractivity contribution in [3.8, 4) is 11.5 Å². The van der Waals surface area contributed by atoms with Gasteiger partial charge in [-0.1, -0.05) is 0 Å². The minimum Gasteiger partial charge on any atom is -0.490 e. The zero-order chi connectivity index (χ0) is 19.0. The van der Waals surface area contributed by atoms with Gasteiger partial charge in [-0.2, -0.15) is 8.78 Å². The first-order valence-electron chi connectivity index (χ1n) is 7.37. The molecular weight excluding hydrogens is 340 g/mol. The SMILES string of the molecule is CCOc1cc(C(=O)NNC(=O)C(=O)NC(C)C)ccc1OC(F)F. The fourth-order valence-corrected chi connectivity index (χ4v) is 1.68. The molecule has 0 aliphatic carbocycles. The van der Waals surface area contributed by atoms with Crippen LogP contribution in [0.25, 0.3) is 0 Å². The van der Waals surface area contributed by atoms with E-state index in [1.54, 1.807) is 20.8 Å². The van der Waals surface area contributed by atoms with E-state index in [0.29, 0.717) is 0 Å². The average molecular weight is 359 g/mol. The van der Waals surface area contributed by atoms with Gasteiger partial charge in [-0.15, -0.1) is 0 Å². The topological polar surface area (TPSA) is 106 Å². The Morgan fingerprint density at radius 1 is 1.08 bits per heavy atom. The molecule has 0 heterocycles. The van der Waals surface area contributed by atoms with Crippen molar-refractivity contribution in [3.05, 3.63) is 23.8 Å². The number of alkyl halides is 2. The molecule has 0 spiro atoms. The van der Waals surface area contributed by atoms with Crippen LogP contribution in [0.1, 0.15) is 31.1 Å². The maximum atomic E-state index is 12.3. The molecule has 0 saturated carbocycles. The maximum Gasteiger partial charge on any atom is 0.387 e. The number of carbonyl (C=O) groups is 3. The van der Waals surface area contributed by atoms with Crippen molar-refractivity contribution in [2.24, 2.45) is 0 Å². The van der Waals surface area contributed by atoms with E-state index in [1.807, 2.05) is 10.9 Å². The minimum absolute atomic E-state index is 0.00892. The Morgan fingerprint density at radius 2 is 1.76 bits per heavy atom. The van der Waals surface area contributed by atoms with Gasteiger partial charge in [0.25, 0.3) is 5.91 Å². The van der Waals surface area contributed by atoms with E-state index in [0.717, 1.165) is 6.07 Å². The molecule has 0 fully saturated rings. The third kappa shape index (κ3) is 6.61. The van der Waals surface area contributed by atoms with Gasteiger partial charge in [-0.25, -0.2) is 0 Å². The van der Waals surface area contributed by atoms with Crippen LogP contribution in [-0.4, -0.2) is 37.0 Å². The number of nitrogens with one attached hydrogen (secondary N) is 3. The summed E-state index contributed by atoms with van der Waals surface area (Å²) in [4.78, 5) is 34.9. The summed E-state index contributed by atoms with van der Waals surface area (Å²) >= 11 is 0. The first-order chi connectivity index (χ1) is 11.7. The predicted molar refractivity (Wildman–Crippen MR) is 83.1 cm³/mol. The fourth-order valence-electron chi connectivity index (χ4n) is 1.68. The van der Waals surface area contributed by atoms with E-state index in [2.05, 4.69) is 10.1 Å². The van der Waals surface area contributed by atoms with E-state index < -0.39 is 24.3 Å². The van der Waals surface area contributed by atoms with E-state index in [-0.39, 0.29) is 29.7 Å². The zero-order valence-electron chi connectivity index (χ0n) is 13.9. The lowest BCUT2D eigenvalue weighted by molar-refractivity contribution is -0.139. The molecule has 0 aliphatic rings. The molecular formula is C15H19F2N3O5. The van der Waals surface area contributed by atoms with Gasteiger partial charge in [-0.3, -0.25) is 25.2 Å². The average Bonchev–Trinajstić information content (AvgIpc) is 2.52. The number of benzene rings is 1. The predicted octanol–water partition coefficient (Wildman–Crippen LogP) is 0.972. The van der Waals surface area contributed by atoms with Crippen LogP contribution in [0.5, 0.6) is 11.5 Å². The highest BCUT2D eigenvalue weighted by Gasteiger charge is 2.17. The molecule has 1 aromatic rings. The summed E-state index contributed by atoms with van der Waals surface area (Å²) < 4.78 is 34.1. The monoisotopic (exact) mass is 359 g/mol. The second-order valence-electron chi connectivity index (χ2n) is 5.01. The van der Waals surface area contributed by atoms with E-state index in [1.165, 1.54) is 12.1 Å². The summed E-state index contributed by atoms with van der Waals surface area (Å²) in [5, 5.41) is 2.35. The number of rotatable bonds is 6. The van der Waals surface area contributed by atoms with E-state index in [4.69, 9.17) is 4.74 Å². The molecule has 138 valence electrons. The quantitative estimate of drug-likeness (QED) is 0.518. The number of hydrazine groups is 1. The summed E-state index contributed by atoms with van der Waals surface area (Å²) in [6.45, 7) is 2.09. The van der Waals surface area contributed by atoms with Gasteiger partial charge in [0, 0.05) is 11.6 Å². The third-order valence-corrected chi connectivity index (χ3v) is 2.64. The Labute approximate surface area is 142 Å². The number of ether oxygens (including phenoxy) is 2. The number of hydrogen-bond acceptors (Lipinski definition) is 5. The van der Waals surface area contributed by atoms with Crippen LogP contribution in [0, 0.1) is 0 Å². The number of hydrogen-bond donors (Lipinski definition) is 3. The number of halogens is 2. The molecule has 3 N–H and O–H groups in total. The molecule has 0 aromatic heterocycles. The van der Waals surface area contributed by atoms with Crippen LogP contribution in [0.3, 0.4) is 0 Å². The highest BCUT2D eigenvalue weighted by atomic mass is 19.3. The molecule has 0 saturated heterocycles. The van der Waals surface area contributed by atoms with Crippen LogP contribution in [0.2, 0.25) is 0 Å². The second-order valence-corrected chi connectivity index (χ2v) is 5.01. The molecule has 1 aromatic carbocycles. The number of amides is 3. The molecule has 0 bridgehead atoms. The van der Waals surface area contributed by atoms with Crippen molar-refractivity contribution < 1.29 is 32.6 Å². The summed E-state index contributed by atoms with van der Waals surface area (Å²) in [5.41, 5.74) is 3.99. The summed E-state index contributed by atoms with van der Waals surface area (Å²) in [6.07, 6.45) is 0. The second kappa shape index (κ2) is 9.40. The first-order valence-corrected chi connectivity index (χ1v) is 7.37. The van der Waals surface area contributed by atoms with E-state index in [9.17, 15) is 23.2 Å². The number of carbonyl (C=O) groups excluding carboxylic acids is 3. The first kappa shape index (κ1) is 20.1. The maximum absolute atomic E-state index is 12.3. The minimum atomic E-state index is -3.04. The third-order valence-electron chi connectivity index (χ3n) is 2.64. The molecule has 8 nitrogen and oxygen atoms in total. The molecule has 1 rings (SSSR count). The molecule has 0 radical (unpaired) electrons. The highest BCUT2D eigenvalue weighted by Crippen LogP contribution is 2.29. The molecule has 0 atom stereocenters. The lowest BCUT2D eigenvalue weighted by Crippen LogP contribution is -2.49. The van der Waals surface area contributed by atoms with Gasteiger partial charge in [0.15, 0.2) is 11.5 Å². The lowest BCUT2D eigenvalue weighted by atomic mass is 10.2. The van der Waals surface area contributed by atoms with Crippen LogP contribution < -0.4 is 25.6 Å². The van der Waals surface area contributed by atoms with Crippen LogP contribution >= 0.6 is 0 Å². The Kier molecular flexibility index (Phi) is 7.57. The summed E-state index contributed by atoms with van der Waals surface area (Å²) in [7, 11) is 0. The van der Waals surface area contributed by atoms with Crippen molar-refractivity contribution >= 4 is 17.7 Å². The van der Waals surface area contributed by atoms with Gasteiger partial charge >= 0.3 is 18.4 Å². The lowest BCUT2D eigenvalue weighted by Gasteiger charge is -2.13.